The van der Waals surface area contributed by atoms with Crippen molar-refractivity contribution in [1.29, 1.82) is 0 Å². The molecule has 0 saturated carbocycles. The van der Waals surface area contributed by atoms with E-state index in [-0.39, 0.29) is 24.4 Å². The molecular weight excluding hydrogens is 587 g/mol. The number of amides is 1. The van der Waals surface area contributed by atoms with E-state index in [9.17, 15) is 26.7 Å². The zero-order valence-electron chi connectivity index (χ0n) is 26.5. The molecule has 1 unspecified atom stereocenters. The lowest BCUT2D eigenvalue weighted by Gasteiger charge is -2.46. The molecule has 248 valence electrons. The molecule has 3 aliphatic rings. The van der Waals surface area contributed by atoms with Gasteiger partial charge in [0.25, 0.3) is 5.92 Å². The summed E-state index contributed by atoms with van der Waals surface area (Å²) in [5, 5.41) is 0. The number of piperidine rings is 3. The number of carbonyl (C=O) groups excluding carboxylic acids is 1. The Hall–Kier alpha value is -2.56. The molecular formula is C35H47F5N4O. The Labute approximate surface area is 264 Å². The lowest BCUT2D eigenvalue weighted by Crippen LogP contribution is -2.53. The molecule has 10 heteroatoms. The Bertz CT molecular complexity index is 1210. The third-order valence-electron chi connectivity index (χ3n) is 10.1. The van der Waals surface area contributed by atoms with Gasteiger partial charge in [0.05, 0.1) is 5.56 Å². The van der Waals surface area contributed by atoms with Crippen LogP contribution in [0.3, 0.4) is 0 Å². The van der Waals surface area contributed by atoms with Crippen molar-refractivity contribution in [3.63, 3.8) is 0 Å². The molecule has 45 heavy (non-hydrogen) atoms. The second-order valence-corrected chi connectivity index (χ2v) is 13.3. The van der Waals surface area contributed by atoms with Crippen molar-refractivity contribution in [2.45, 2.75) is 88.5 Å². The highest BCUT2D eigenvalue weighted by molar-refractivity contribution is 5.83. The van der Waals surface area contributed by atoms with Gasteiger partial charge >= 0.3 is 6.18 Å². The summed E-state index contributed by atoms with van der Waals surface area (Å²) in [5.41, 5.74) is -0.780. The molecule has 3 fully saturated rings. The van der Waals surface area contributed by atoms with Gasteiger partial charge in [0.1, 0.15) is 6.04 Å². The fourth-order valence-corrected chi connectivity index (χ4v) is 7.42. The fourth-order valence-electron chi connectivity index (χ4n) is 7.42. The van der Waals surface area contributed by atoms with Crippen LogP contribution in [0.25, 0.3) is 0 Å². The van der Waals surface area contributed by atoms with Crippen molar-refractivity contribution in [2.75, 3.05) is 52.9 Å². The first-order valence-corrected chi connectivity index (χ1v) is 16.5. The van der Waals surface area contributed by atoms with Crippen LogP contribution in [0.2, 0.25) is 0 Å². The van der Waals surface area contributed by atoms with E-state index in [2.05, 4.69) is 14.7 Å². The number of likely N-dealkylation sites (tertiary alicyclic amines) is 3. The van der Waals surface area contributed by atoms with E-state index < -0.39 is 29.3 Å². The van der Waals surface area contributed by atoms with E-state index in [0.717, 1.165) is 56.7 Å². The summed E-state index contributed by atoms with van der Waals surface area (Å²) in [6.45, 7) is 6.97. The minimum absolute atomic E-state index is 0.0339. The van der Waals surface area contributed by atoms with Crippen LogP contribution >= 0.6 is 0 Å². The highest BCUT2D eigenvalue weighted by Crippen LogP contribution is 2.36. The van der Waals surface area contributed by atoms with E-state index in [1.807, 2.05) is 30.3 Å². The van der Waals surface area contributed by atoms with Gasteiger partial charge in [-0.2, -0.15) is 13.2 Å². The minimum Gasteiger partial charge on any atom is -0.344 e. The molecule has 3 aliphatic heterocycles. The molecule has 3 saturated heterocycles. The lowest BCUT2D eigenvalue weighted by molar-refractivity contribution is -0.138. The molecule has 2 aromatic rings. The van der Waals surface area contributed by atoms with Crippen LogP contribution in [0.4, 0.5) is 22.0 Å². The van der Waals surface area contributed by atoms with E-state index >= 15 is 0 Å². The smallest absolute Gasteiger partial charge is 0.344 e. The summed E-state index contributed by atoms with van der Waals surface area (Å²) in [6, 6.07) is 12.8. The highest BCUT2D eigenvalue weighted by Gasteiger charge is 2.37. The van der Waals surface area contributed by atoms with Crippen molar-refractivity contribution >= 4 is 5.91 Å². The third-order valence-corrected chi connectivity index (χ3v) is 10.1. The molecule has 0 bridgehead atoms. The summed E-state index contributed by atoms with van der Waals surface area (Å²) < 4.78 is 68.5. The highest BCUT2D eigenvalue weighted by atomic mass is 19.4. The number of carbonyl (C=O) groups is 1. The Morgan fingerprint density at radius 3 is 1.93 bits per heavy atom. The van der Waals surface area contributed by atoms with E-state index in [1.54, 1.807) is 7.05 Å². The van der Waals surface area contributed by atoms with Crippen LogP contribution in [0.15, 0.2) is 48.5 Å². The molecule has 0 N–H and O–H groups in total. The predicted molar refractivity (Wildman–Crippen MR) is 166 cm³/mol. The quantitative estimate of drug-likeness (QED) is 0.279. The van der Waals surface area contributed by atoms with Gasteiger partial charge in [-0.1, -0.05) is 36.8 Å². The average molecular weight is 635 g/mol. The maximum Gasteiger partial charge on any atom is 0.416 e. The maximum absolute atomic E-state index is 14.0. The van der Waals surface area contributed by atoms with Gasteiger partial charge in [0.2, 0.25) is 5.91 Å². The van der Waals surface area contributed by atoms with Gasteiger partial charge in [0, 0.05) is 51.3 Å². The number of alkyl halides is 5. The molecule has 1 atom stereocenters. The normalized spacial score (nSPS) is 21.1. The van der Waals surface area contributed by atoms with Gasteiger partial charge in [0.15, 0.2) is 0 Å². The van der Waals surface area contributed by atoms with Crippen LogP contribution in [-0.4, -0.2) is 90.5 Å². The number of hydrogen-bond donors (Lipinski definition) is 0. The second kappa shape index (κ2) is 14.5. The molecule has 5 nitrogen and oxygen atoms in total. The van der Waals surface area contributed by atoms with E-state index in [4.69, 9.17) is 0 Å². The van der Waals surface area contributed by atoms with Crippen LogP contribution in [0, 0.1) is 0 Å². The van der Waals surface area contributed by atoms with Crippen LogP contribution in [-0.2, 0) is 23.3 Å². The number of halogens is 5. The molecule has 5 rings (SSSR count). The van der Waals surface area contributed by atoms with Crippen molar-refractivity contribution < 1.29 is 26.7 Å². The molecule has 0 spiro atoms. The standard InChI is InChI=1S/C35H47F5N4O/c1-34(36,37)28-23-26(24-29(25-28)35(38,39)40)11-18-41(2)33(45)32(27-9-5-3-6-10-27)44-21-14-31(15-22-44)43-19-12-30(13-20-43)42-16-7-4-8-17-42/h3,5-6,9-10,23-25,30-32H,4,7-8,11-22H2,1-2H3. The second-order valence-electron chi connectivity index (χ2n) is 13.3. The lowest BCUT2D eigenvalue weighted by atomic mass is 9.94. The Morgan fingerprint density at radius 1 is 0.800 bits per heavy atom. The summed E-state index contributed by atoms with van der Waals surface area (Å²) >= 11 is 0. The first kappa shape index (κ1) is 33.8. The molecule has 0 aliphatic carbocycles. The van der Waals surface area contributed by atoms with Crippen LogP contribution in [0.1, 0.15) is 80.2 Å². The zero-order valence-corrected chi connectivity index (χ0v) is 26.5. The Morgan fingerprint density at radius 2 is 1.36 bits per heavy atom. The first-order chi connectivity index (χ1) is 21.4. The molecule has 2 aromatic carbocycles. The van der Waals surface area contributed by atoms with Gasteiger partial charge in [-0.15, -0.1) is 0 Å². The van der Waals surface area contributed by atoms with Crippen LogP contribution in [0.5, 0.6) is 0 Å². The third kappa shape index (κ3) is 8.63. The molecule has 1 amide bonds. The van der Waals surface area contributed by atoms with Crippen LogP contribution < -0.4 is 0 Å². The number of benzene rings is 2. The first-order valence-electron chi connectivity index (χ1n) is 16.5. The van der Waals surface area contributed by atoms with Crippen molar-refractivity contribution in [1.82, 2.24) is 19.6 Å². The number of hydrogen-bond acceptors (Lipinski definition) is 4. The summed E-state index contributed by atoms with van der Waals surface area (Å²) in [4.78, 5) is 23.1. The summed E-state index contributed by atoms with van der Waals surface area (Å²) in [7, 11) is 1.64. The van der Waals surface area contributed by atoms with Crippen molar-refractivity contribution in [3.8, 4) is 0 Å². The Balaban J connectivity index is 1.21. The van der Waals surface area contributed by atoms with Crippen molar-refractivity contribution in [3.05, 3.63) is 70.8 Å². The van der Waals surface area contributed by atoms with Crippen molar-refractivity contribution in [2.24, 2.45) is 0 Å². The van der Waals surface area contributed by atoms with Gasteiger partial charge in [-0.05, 0) is 100 Å². The molecule has 3 heterocycles. The average Bonchev–Trinajstić information content (AvgIpc) is 3.04. The maximum atomic E-state index is 14.0. The molecule has 0 aromatic heterocycles. The van der Waals surface area contributed by atoms with Gasteiger partial charge in [-0.25, -0.2) is 8.78 Å². The SMILES string of the molecule is CN(CCc1cc(C(C)(F)F)cc(C(F)(F)F)c1)C(=O)C(c1ccccc1)N1CCC(N2CCC(N3CCCCC3)CC2)CC1. The van der Waals surface area contributed by atoms with E-state index in [0.29, 0.717) is 25.1 Å². The predicted octanol–water partition coefficient (Wildman–Crippen LogP) is 6.97. The molecule has 0 radical (unpaired) electrons. The zero-order chi connectivity index (χ0) is 32.2. The Kier molecular flexibility index (Phi) is 10.9. The van der Waals surface area contributed by atoms with Gasteiger partial charge < -0.3 is 14.7 Å². The number of rotatable bonds is 9. The largest absolute Gasteiger partial charge is 0.416 e. The topological polar surface area (TPSA) is 30.0 Å². The minimum atomic E-state index is -4.74. The van der Waals surface area contributed by atoms with E-state index in [1.165, 1.54) is 50.1 Å². The number of nitrogens with zero attached hydrogens (tertiary/aromatic N) is 4. The summed E-state index contributed by atoms with van der Waals surface area (Å²) in [5.74, 6) is -3.55. The fraction of sp³-hybridized carbons (Fsp3) is 0.629. The summed E-state index contributed by atoms with van der Waals surface area (Å²) in [6.07, 6.45) is 3.68. The monoisotopic (exact) mass is 634 g/mol. The number of likely N-dealkylation sites (N-methyl/N-ethyl adjacent to an activating group) is 1. The van der Waals surface area contributed by atoms with Gasteiger partial charge in [-0.3, -0.25) is 9.69 Å².